The van der Waals surface area contributed by atoms with Crippen molar-refractivity contribution in [3.63, 3.8) is 0 Å². The Morgan fingerprint density at radius 3 is 1.60 bits per heavy atom. The van der Waals surface area contributed by atoms with Gasteiger partial charge in [0.1, 0.15) is 0 Å². The monoisotopic (exact) mass is 251 g/mol. The van der Waals surface area contributed by atoms with Crippen molar-refractivity contribution in [2.75, 3.05) is 0 Å². The fraction of sp³-hybridized carbons (Fsp3) is 1.00. The lowest BCUT2D eigenvalue weighted by molar-refractivity contribution is 0.156. The molecular formula is C8H14IN. The van der Waals surface area contributed by atoms with E-state index in [0.717, 1.165) is 12.1 Å². The minimum absolute atomic E-state index is 0.938. The van der Waals surface area contributed by atoms with Crippen LogP contribution in [0, 0.1) is 0 Å². The van der Waals surface area contributed by atoms with Crippen molar-refractivity contribution >= 4 is 22.9 Å². The Balaban J connectivity index is 2.05. The Bertz CT molecular complexity index is 104. The minimum atomic E-state index is 0.938. The molecule has 2 bridgehead atoms. The molecule has 1 nitrogen and oxygen atoms in total. The molecule has 2 rings (SSSR count). The van der Waals surface area contributed by atoms with Gasteiger partial charge >= 0.3 is 0 Å². The van der Waals surface area contributed by atoms with E-state index in [1.807, 2.05) is 0 Å². The fourth-order valence-corrected chi connectivity index (χ4v) is 3.37. The number of piperidine rings is 2. The molecule has 0 saturated carbocycles. The van der Waals surface area contributed by atoms with Crippen LogP contribution in [0.4, 0.5) is 0 Å². The maximum Gasteiger partial charge on any atom is 0.0207 e. The molecule has 0 unspecified atom stereocenters. The maximum absolute atomic E-state index is 2.59. The Kier molecular flexibility index (Phi) is 2.18. The van der Waals surface area contributed by atoms with Gasteiger partial charge in [0.05, 0.1) is 0 Å². The second-order valence-electron chi connectivity index (χ2n) is 3.51. The number of fused-ring (bicyclic) bond motifs is 2. The van der Waals surface area contributed by atoms with E-state index >= 15 is 0 Å². The van der Waals surface area contributed by atoms with Gasteiger partial charge in [-0.25, -0.2) is 3.11 Å². The van der Waals surface area contributed by atoms with Gasteiger partial charge in [0.2, 0.25) is 0 Å². The van der Waals surface area contributed by atoms with Crippen molar-refractivity contribution in [3.05, 3.63) is 0 Å². The zero-order valence-corrected chi connectivity index (χ0v) is 8.38. The van der Waals surface area contributed by atoms with Crippen LogP contribution < -0.4 is 0 Å². The first-order valence-electron chi connectivity index (χ1n) is 4.32. The molecular weight excluding hydrogens is 237 g/mol. The highest BCUT2D eigenvalue weighted by Crippen LogP contribution is 2.35. The summed E-state index contributed by atoms with van der Waals surface area (Å²) in [5.74, 6) is 0. The van der Waals surface area contributed by atoms with Crippen LogP contribution in [0.25, 0.3) is 0 Å². The van der Waals surface area contributed by atoms with Crippen LogP contribution in [-0.2, 0) is 0 Å². The average molecular weight is 251 g/mol. The summed E-state index contributed by atoms with van der Waals surface area (Å²) in [6.07, 6.45) is 8.79. The van der Waals surface area contributed by atoms with E-state index in [4.69, 9.17) is 0 Å². The number of halogens is 1. The topological polar surface area (TPSA) is 3.24 Å². The van der Waals surface area contributed by atoms with Crippen LogP contribution in [0.3, 0.4) is 0 Å². The third-order valence-corrected chi connectivity index (χ3v) is 4.42. The highest BCUT2D eigenvalue weighted by Gasteiger charge is 2.31. The van der Waals surface area contributed by atoms with E-state index in [1.165, 1.54) is 38.5 Å². The smallest absolute Gasteiger partial charge is 0.0207 e. The first-order chi connectivity index (χ1) is 4.88. The molecule has 0 N–H and O–H groups in total. The number of hydrogen-bond donors (Lipinski definition) is 0. The van der Waals surface area contributed by atoms with Gasteiger partial charge in [-0.1, -0.05) is 12.8 Å². The summed E-state index contributed by atoms with van der Waals surface area (Å²) in [4.78, 5) is 0. The van der Waals surface area contributed by atoms with Crippen LogP contribution in [0.2, 0.25) is 0 Å². The molecule has 2 saturated heterocycles. The summed E-state index contributed by atoms with van der Waals surface area (Å²) in [5, 5.41) is 0. The molecule has 0 radical (unpaired) electrons. The molecule has 58 valence electrons. The predicted molar refractivity (Wildman–Crippen MR) is 51.1 cm³/mol. The van der Waals surface area contributed by atoms with E-state index in [1.54, 1.807) is 0 Å². The van der Waals surface area contributed by atoms with Crippen molar-refractivity contribution in [2.45, 2.75) is 50.6 Å². The van der Waals surface area contributed by atoms with Crippen LogP contribution in [0.5, 0.6) is 0 Å². The second-order valence-corrected chi connectivity index (χ2v) is 4.63. The van der Waals surface area contributed by atoms with E-state index < -0.39 is 0 Å². The number of hydrogen-bond acceptors (Lipinski definition) is 1. The molecule has 0 aliphatic carbocycles. The zero-order chi connectivity index (χ0) is 6.97. The summed E-state index contributed by atoms with van der Waals surface area (Å²) in [6.45, 7) is 0. The lowest BCUT2D eigenvalue weighted by atomic mass is 9.87. The second kappa shape index (κ2) is 2.97. The third-order valence-electron chi connectivity index (χ3n) is 2.85. The van der Waals surface area contributed by atoms with Gasteiger partial charge in [-0.3, -0.25) is 0 Å². The Morgan fingerprint density at radius 1 is 0.900 bits per heavy atom. The summed E-state index contributed by atoms with van der Waals surface area (Å²) in [7, 11) is 0. The van der Waals surface area contributed by atoms with Gasteiger partial charge in [0, 0.05) is 34.9 Å². The standard InChI is InChI=1S/C8H14IN/c9-10-7-3-1-4-8(10)6-2-5-7/h7-8H,1-6H2. The quantitative estimate of drug-likeness (QED) is 0.472. The molecule has 10 heavy (non-hydrogen) atoms. The molecule has 0 aromatic carbocycles. The molecule has 2 aliphatic heterocycles. The SMILES string of the molecule is IN1C2CCCC1CCC2. The largest absolute Gasteiger partial charge is 0.241 e. The molecule has 2 fully saturated rings. The Labute approximate surface area is 76.7 Å². The summed E-state index contributed by atoms with van der Waals surface area (Å²) in [5.41, 5.74) is 0. The van der Waals surface area contributed by atoms with Crippen LogP contribution >= 0.6 is 22.9 Å². The Hall–Kier alpha value is 0.690. The van der Waals surface area contributed by atoms with Crippen LogP contribution in [-0.4, -0.2) is 15.2 Å². The highest BCUT2D eigenvalue weighted by molar-refractivity contribution is 14.1. The molecule has 2 heterocycles. The van der Waals surface area contributed by atoms with E-state index in [9.17, 15) is 0 Å². The normalized spacial score (nSPS) is 41.7. The van der Waals surface area contributed by atoms with Crippen LogP contribution in [0.15, 0.2) is 0 Å². The summed E-state index contributed by atoms with van der Waals surface area (Å²) < 4.78 is 2.59. The maximum atomic E-state index is 2.59. The molecule has 0 aromatic rings. The van der Waals surface area contributed by atoms with E-state index in [2.05, 4.69) is 26.0 Å². The molecule has 0 atom stereocenters. The number of rotatable bonds is 0. The lowest BCUT2D eigenvalue weighted by Gasteiger charge is -2.42. The van der Waals surface area contributed by atoms with Crippen molar-refractivity contribution in [3.8, 4) is 0 Å². The van der Waals surface area contributed by atoms with Gasteiger partial charge in [-0.15, -0.1) is 0 Å². The van der Waals surface area contributed by atoms with Gasteiger partial charge in [0.25, 0.3) is 0 Å². The summed E-state index contributed by atoms with van der Waals surface area (Å²) >= 11 is 2.53. The van der Waals surface area contributed by atoms with Crippen LogP contribution in [0.1, 0.15) is 38.5 Å². The van der Waals surface area contributed by atoms with Gasteiger partial charge < -0.3 is 0 Å². The van der Waals surface area contributed by atoms with Crippen molar-refractivity contribution in [1.29, 1.82) is 0 Å². The predicted octanol–water partition coefficient (Wildman–Crippen LogP) is 2.74. The van der Waals surface area contributed by atoms with Gasteiger partial charge in [-0.2, -0.15) is 0 Å². The molecule has 2 heteroatoms. The van der Waals surface area contributed by atoms with Crippen molar-refractivity contribution < 1.29 is 0 Å². The third kappa shape index (κ3) is 1.20. The summed E-state index contributed by atoms with van der Waals surface area (Å²) in [6, 6.07) is 1.88. The van der Waals surface area contributed by atoms with Gasteiger partial charge in [-0.05, 0) is 25.7 Å². The Morgan fingerprint density at radius 2 is 1.30 bits per heavy atom. The van der Waals surface area contributed by atoms with Crippen molar-refractivity contribution in [2.24, 2.45) is 0 Å². The first kappa shape index (κ1) is 7.35. The van der Waals surface area contributed by atoms with Crippen molar-refractivity contribution in [1.82, 2.24) is 3.11 Å². The highest BCUT2D eigenvalue weighted by atomic mass is 127. The average Bonchev–Trinajstić information content (AvgIpc) is 1.86. The zero-order valence-electron chi connectivity index (χ0n) is 6.22. The first-order valence-corrected chi connectivity index (χ1v) is 5.28. The molecule has 0 spiro atoms. The minimum Gasteiger partial charge on any atom is -0.241 e. The molecule has 2 aliphatic rings. The molecule has 0 amide bonds. The van der Waals surface area contributed by atoms with E-state index in [0.29, 0.717) is 0 Å². The molecule has 0 aromatic heterocycles. The number of nitrogens with zero attached hydrogens (tertiary/aromatic N) is 1. The van der Waals surface area contributed by atoms with E-state index in [-0.39, 0.29) is 0 Å². The lowest BCUT2D eigenvalue weighted by Crippen LogP contribution is -2.43. The fourth-order valence-electron chi connectivity index (χ4n) is 2.26. The van der Waals surface area contributed by atoms with Gasteiger partial charge in [0.15, 0.2) is 0 Å².